The number of hydrogen-bond donors (Lipinski definition) is 2. The van der Waals surface area contributed by atoms with E-state index in [4.69, 9.17) is 10.3 Å². The summed E-state index contributed by atoms with van der Waals surface area (Å²) in [5, 5.41) is 7.28. The van der Waals surface area contributed by atoms with E-state index in [2.05, 4.69) is 15.5 Å². The summed E-state index contributed by atoms with van der Waals surface area (Å²) in [7, 11) is 0. The van der Waals surface area contributed by atoms with Crippen LogP contribution in [0.2, 0.25) is 0 Å². The van der Waals surface area contributed by atoms with Gasteiger partial charge < -0.3 is 15.6 Å². The summed E-state index contributed by atoms with van der Waals surface area (Å²) in [4.78, 5) is 32.1. The average Bonchev–Trinajstić information content (AvgIpc) is 3.28. The Morgan fingerprint density at radius 3 is 2.55 bits per heavy atom. The van der Waals surface area contributed by atoms with Gasteiger partial charge in [0.2, 0.25) is 5.91 Å². The first-order valence-electron chi connectivity index (χ1n) is 9.82. The molecule has 1 unspecified atom stereocenters. The third-order valence-electron chi connectivity index (χ3n) is 5.11. The molecule has 0 radical (unpaired) electrons. The van der Waals surface area contributed by atoms with Crippen LogP contribution in [-0.4, -0.2) is 28.0 Å². The molecule has 0 aliphatic rings. The van der Waals surface area contributed by atoms with Crippen molar-refractivity contribution in [3.05, 3.63) is 69.0 Å². The van der Waals surface area contributed by atoms with Gasteiger partial charge in [0.15, 0.2) is 0 Å². The van der Waals surface area contributed by atoms with Gasteiger partial charge in [-0.25, -0.2) is 4.98 Å². The molecule has 0 spiro atoms. The lowest BCUT2D eigenvalue weighted by atomic mass is 10.0. The highest BCUT2D eigenvalue weighted by atomic mass is 32.1. The first-order chi connectivity index (χ1) is 14.8. The van der Waals surface area contributed by atoms with E-state index in [1.807, 2.05) is 50.2 Å². The molecule has 1 atom stereocenters. The van der Waals surface area contributed by atoms with Crippen LogP contribution in [0.4, 0.5) is 0 Å². The van der Waals surface area contributed by atoms with Crippen LogP contribution < -0.4 is 11.1 Å². The molecule has 1 aromatic carbocycles. The summed E-state index contributed by atoms with van der Waals surface area (Å²) in [5.41, 5.74) is 9.22. The molecule has 2 amide bonds. The second kappa shape index (κ2) is 8.31. The van der Waals surface area contributed by atoms with Gasteiger partial charge in [0.25, 0.3) is 11.6 Å². The van der Waals surface area contributed by atoms with Gasteiger partial charge in [-0.1, -0.05) is 35.5 Å². The number of nitrogens with one attached hydrogen (secondary N) is 1. The molecule has 0 aliphatic heterocycles. The molecule has 0 saturated carbocycles. The van der Waals surface area contributed by atoms with Crippen LogP contribution in [0.25, 0.3) is 22.4 Å². The minimum atomic E-state index is -0.855. The van der Waals surface area contributed by atoms with Crippen LogP contribution in [0, 0.1) is 20.8 Å². The van der Waals surface area contributed by atoms with E-state index in [0.717, 1.165) is 20.9 Å². The fourth-order valence-corrected chi connectivity index (χ4v) is 4.54. The van der Waals surface area contributed by atoms with Crippen molar-refractivity contribution in [3.63, 3.8) is 0 Å². The third kappa shape index (κ3) is 4.20. The minimum absolute atomic E-state index is 0.280. The Morgan fingerprint density at radius 2 is 1.90 bits per heavy atom. The molecule has 3 aromatic heterocycles. The van der Waals surface area contributed by atoms with Crippen molar-refractivity contribution in [3.8, 4) is 11.3 Å². The molecular weight excluding hydrogens is 412 g/mol. The number of thiophene rings is 1. The van der Waals surface area contributed by atoms with Gasteiger partial charge in [0, 0.05) is 21.7 Å². The number of benzene rings is 1. The van der Waals surface area contributed by atoms with Crippen molar-refractivity contribution in [2.45, 2.75) is 33.2 Å². The van der Waals surface area contributed by atoms with Crippen LogP contribution >= 0.6 is 11.3 Å². The molecule has 7 nitrogen and oxygen atoms in total. The zero-order chi connectivity index (χ0) is 22.1. The quantitative estimate of drug-likeness (QED) is 0.481. The molecule has 3 heterocycles. The summed E-state index contributed by atoms with van der Waals surface area (Å²) in [6.45, 7) is 5.78. The van der Waals surface area contributed by atoms with Crippen molar-refractivity contribution in [1.29, 1.82) is 0 Å². The number of primary amides is 1. The first-order valence-corrected chi connectivity index (χ1v) is 10.6. The van der Waals surface area contributed by atoms with Gasteiger partial charge in [0.05, 0.1) is 22.3 Å². The van der Waals surface area contributed by atoms with Crippen molar-refractivity contribution >= 4 is 34.3 Å². The molecule has 4 rings (SSSR count). The lowest BCUT2D eigenvalue weighted by molar-refractivity contribution is -0.119. The van der Waals surface area contributed by atoms with E-state index in [0.29, 0.717) is 28.8 Å². The normalized spacial score (nSPS) is 12.1. The molecule has 158 valence electrons. The zero-order valence-electron chi connectivity index (χ0n) is 17.4. The van der Waals surface area contributed by atoms with Gasteiger partial charge in [-0.05, 0) is 38.5 Å². The summed E-state index contributed by atoms with van der Waals surface area (Å²) in [6.07, 6.45) is 0.300. The molecule has 0 fully saturated rings. The van der Waals surface area contributed by atoms with Crippen molar-refractivity contribution < 1.29 is 14.1 Å². The maximum Gasteiger partial charge on any atom is 0.259 e. The Kier molecular flexibility index (Phi) is 5.56. The molecule has 4 aromatic rings. The summed E-state index contributed by atoms with van der Waals surface area (Å²) in [6, 6.07) is 12.3. The summed E-state index contributed by atoms with van der Waals surface area (Å²) < 4.78 is 5.37. The predicted octanol–water partition coefficient (Wildman–Crippen LogP) is 3.70. The summed E-state index contributed by atoms with van der Waals surface area (Å²) in [5.74, 6) is -1.03. The summed E-state index contributed by atoms with van der Waals surface area (Å²) >= 11 is 1.66. The van der Waals surface area contributed by atoms with Crippen molar-refractivity contribution in [2.75, 3.05) is 0 Å². The topological polar surface area (TPSA) is 111 Å². The van der Waals surface area contributed by atoms with Gasteiger partial charge in [-0.3, -0.25) is 9.59 Å². The van der Waals surface area contributed by atoms with Crippen LogP contribution in [0.1, 0.15) is 31.4 Å². The van der Waals surface area contributed by atoms with E-state index >= 15 is 0 Å². The molecule has 0 aliphatic carbocycles. The standard InChI is InChI=1S/C23H22N4O3S/c1-12-9-16(14(3)31-12)18-11-17(20-13(2)27-30-23(20)26-18)22(29)25-19(21(24)28)10-15-7-5-4-6-8-15/h4-9,11,19H,10H2,1-3H3,(H2,24,28)(H,25,29). The number of carbonyl (C=O) groups excluding carboxylic acids is 2. The van der Waals surface area contributed by atoms with Crippen LogP contribution in [0.15, 0.2) is 47.0 Å². The lowest BCUT2D eigenvalue weighted by Crippen LogP contribution is -2.45. The Balaban J connectivity index is 1.73. The maximum absolute atomic E-state index is 13.3. The van der Waals surface area contributed by atoms with Gasteiger partial charge >= 0.3 is 0 Å². The number of nitrogens with two attached hydrogens (primary N) is 1. The Bertz CT molecular complexity index is 1280. The number of aromatic nitrogens is 2. The molecule has 8 heteroatoms. The number of aryl methyl sites for hydroxylation is 3. The lowest BCUT2D eigenvalue weighted by Gasteiger charge is -2.16. The number of hydrogen-bond acceptors (Lipinski definition) is 6. The van der Waals surface area contributed by atoms with E-state index in [-0.39, 0.29) is 5.71 Å². The Hall–Kier alpha value is -3.52. The molecule has 0 bridgehead atoms. The highest BCUT2D eigenvalue weighted by Crippen LogP contribution is 2.32. The Morgan fingerprint density at radius 1 is 1.16 bits per heavy atom. The van der Waals surface area contributed by atoms with E-state index in [9.17, 15) is 9.59 Å². The fourth-order valence-electron chi connectivity index (χ4n) is 3.61. The number of rotatable bonds is 6. The molecule has 0 saturated heterocycles. The SMILES string of the molecule is Cc1cc(-c2cc(C(=O)NC(Cc3ccccc3)C(N)=O)c3c(C)noc3n2)c(C)s1. The number of carbonyl (C=O) groups is 2. The zero-order valence-corrected chi connectivity index (χ0v) is 18.2. The monoisotopic (exact) mass is 434 g/mol. The molecule has 31 heavy (non-hydrogen) atoms. The largest absolute Gasteiger partial charge is 0.368 e. The number of pyridine rings is 1. The smallest absolute Gasteiger partial charge is 0.259 e. The van der Waals surface area contributed by atoms with Crippen LogP contribution in [-0.2, 0) is 11.2 Å². The number of fused-ring (bicyclic) bond motifs is 1. The minimum Gasteiger partial charge on any atom is -0.368 e. The van der Waals surface area contributed by atoms with Crippen molar-refractivity contribution in [1.82, 2.24) is 15.5 Å². The van der Waals surface area contributed by atoms with Crippen molar-refractivity contribution in [2.24, 2.45) is 5.73 Å². The predicted molar refractivity (Wildman–Crippen MR) is 120 cm³/mol. The highest BCUT2D eigenvalue weighted by molar-refractivity contribution is 7.12. The van der Waals surface area contributed by atoms with E-state index < -0.39 is 17.9 Å². The second-order valence-electron chi connectivity index (χ2n) is 7.45. The Labute approximate surface area is 183 Å². The second-order valence-corrected chi connectivity index (χ2v) is 8.91. The highest BCUT2D eigenvalue weighted by Gasteiger charge is 2.24. The van der Waals surface area contributed by atoms with Gasteiger partial charge in [0.1, 0.15) is 6.04 Å². The average molecular weight is 435 g/mol. The van der Waals surface area contributed by atoms with Gasteiger partial charge in [-0.15, -0.1) is 11.3 Å². The first kappa shape index (κ1) is 20.7. The van der Waals surface area contributed by atoms with E-state index in [1.54, 1.807) is 24.3 Å². The maximum atomic E-state index is 13.3. The van der Waals surface area contributed by atoms with Gasteiger partial charge in [-0.2, -0.15) is 0 Å². The van der Waals surface area contributed by atoms with Crippen LogP contribution in [0.3, 0.4) is 0 Å². The number of nitrogens with zero attached hydrogens (tertiary/aromatic N) is 2. The molecule has 3 N–H and O–H groups in total. The van der Waals surface area contributed by atoms with Crippen LogP contribution in [0.5, 0.6) is 0 Å². The number of amides is 2. The molecular formula is C23H22N4O3S. The fraction of sp³-hybridized carbons (Fsp3) is 0.217. The van der Waals surface area contributed by atoms with E-state index in [1.165, 1.54) is 0 Å². The third-order valence-corrected chi connectivity index (χ3v) is 6.08.